The molecule has 0 radical (unpaired) electrons. The number of alkyl halides is 3. The minimum absolute atomic E-state index is 0.0565. The number of hydrogen-bond acceptors (Lipinski definition) is 6. The minimum atomic E-state index is -4.47. The van der Waals surface area contributed by atoms with Gasteiger partial charge in [-0.25, -0.2) is 4.79 Å². The van der Waals surface area contributed by atoms with Gasteiger partial charge in [-0.05, 0) is 55.4 Å². The number of halogens is 5. The number of piperazine rings is 2. The van der Waals surface area contributed by atoms with Crippen LogP contribution in [0.4, 0.5) is 23.7 Å². The lowest BCUT2D eigenvalue weighted by molar-refractivity contribution is -0.137. The van der Waals surface area contributed by atoms with E-state index in [4.69, 9.17) is 27.9 Å². The molecule has 2 heterocycles. The van der Waals surface area contributed by atoms with Crippen LogP contribution in [-0.4, -0.2) is 112 Å². The lowest BCUT2D eigenvalue weighted by Gasteiger charge is -2.39. The number of carbonyl (C=O) groups is 2. The first-order valence-electron chi connectivity index (χ1n) is 15.0. The molecular formula is C31H41Cl2F3N6O3. The van der Waals surface area contributed by atoms with Crippen LogP contribution in [0.5, 0.6) is 0 Å². The number of carbonyl (C=O) groups excluding carboxylic acids is 2. The Morgan fingerprint density at radius 1 is 0.933 bits per heavy atom. The number of methoxy groups -OCH3 is 1. The van der Waals surface area contributed by atoms with Crippen molar-refractivity contribution in [3.05, 3.63) is 63.1 Å². The number of rotatable bonds is 10. The molecule has 2 saturated heterocycles. The van der Waals surface area contributed by atoms with Gasteiger partial charge in [0.15, 0.2) is 0 Å². The zero-order chi connectivity index (χ0) is 32.7. The Morgan fingerprint density at radius 2 is 1.60 bits per heavy atom. The summed E-state index contributed by atoms with van der Waals surface area (Å²) in [5.74, 6) is -0.245. The second-order valence-electron chi connectivity index (χ2n) is 11.6. The lowest BCUT2D eigenvalue weighted by Crippen LogP contribution is -2.58. The van der Waals surface area contributed by atoms with Crippen molar-refractivity contribution in [3.63, 3.8) is 0 Å². The molecule has 14 heteroatoms. The molecule has 2 aromatic carbocycles. The van der Waals surface area contributed by atoms with Gasteiger partial charge in [-0.2, -0.15) is 13.2 Å². The average molecular weight is 674 g/mol. The van der Waals surface area contributed by atoms with Crippen molar-refractivity contribution < 1.29 is 27.5 Å². The molecule has 0 bridgehead atoms. The summed E-state index contributed by atoms with van der Waals surface area (Å²) < 4.78 is 45.8. The van der Waals surface area contributed by atoms with Crippen LogP contribution in [0.2, 0.25) is 10.0 Å². The number of amides is 3. The number of benzene rings is 2. The Bertz CT molecular complexity index is 1320. The van der Waals surface area contributed by atoms with Gasteiger partial charge in [0.1, 0.15) is 6.04 Å². The van der Waals surface area contributed by atoms with E-state index in [2.05, 4.69) is 15.5 Å². The van der Waals surface area contributed by atoms with Crippen molar-refractivity contribution >= 4 is 40.8 Å². The fourth-order valence-electron chi connectivity index (χ4n) is 5.55. The second-order valence-corrected chi connectivity index (χ2v) is 12.5. The van der Waals surface area contributed by atoms with E-state index in [1.807, 2.05) is 18.9 Å². The Morgan fingerprint density at radius 3 is 2.22 bits per heavy atom. The van der Waals surface area contributed by atoms with Crippen molar-refractivity contribution in [2.75, 3.05) is 78.0 Å². The number of urea groups is 1. The van der Waals surface area contributed by atoms with E-state index in [1.54, 1.807) is 35.1 Å². The zero-order valence-corrected chi connectivity index (χ0v) is 27.3. The molecule has 0 spiro atoms. The molecule has 2 aromatic rings. The Labute approximate surface area is 272 Å². The van der Waals surface area contributed by atoms with E-state index in [0.717, 1.165) is 19.2 Å². The molecule has 2 atom stereocenters. The molecule has 2 aliphatic heterocycles. The molecule has 1 unspecified atom stereocenters. The highest BCUT2D eigenvalue weighted by atomic mass is 35.5. The molecule has 248 valence electrons. The van der Waals surface area contributed by atoms with E-state index < -0.39 is 17.8 Å². The van der Waals surface area contributed by atoms with E-state index in [1.165, 1.54) is 12.1 Å². The van der Waals surface area contributed by atoms with Crippen molar-refractivity contribution in [3.8, 4) is 0 Å². The third-order valence-corrected chi connectivity index (χ3v) is 8.81. The summed E-state index contributed by atoms with van der Waals surface area (Å²) in [6, 6.07) is 7.59. The summed E-state index contributed by atoms with van der Waals surface area (Å²) in [7, 11) is 3.57. The van der Waals surface area contributed by atoms with E-state index in [0.29, 0.717) is 72.7 Å². The van der Waals surface area contributed by atoms with E-state index in [9.17, 15) is 22.8 Å². The van der Waals surface area contributed by atoms with Gasteiger partial charge in [-0.15, -0.1) is 0 Å². The summed E-state index contributed by atoms with van der Waals surface area (Å²) in [6.45, 7) is 6.64. The highest BCUT2D eigenvalue weighted by molar-refractivity contribution is 6.35. The summed E-state index contributed by atoms with van der Waals surface area (Å²) in [4.78, 5) is 34.7. The first kappa shape index (κ1) is 35.1. The SMILES string of the molecule is COCC(C)NCc1cc(C(F)(F)F)ccc1N1CCN(C(=O)[C@@H](Cc2ccc(Cl)cc2Cl)NC(=O)N2CCN(C)CC2)CC1. The number of anilines is 1. The summed E-state index contributed by atoms with van der Waals surface area (Å²) in [5.41, 5.74) is 1.17. The molecule has 3 amide bonds. The monoisotopic (exact) mass is 672 g/mol. The fraction of sp³-hybridized carbons (Fsp3) is 0.548. The third-order valence-electron chi connectivity index (χ3n) is 8.22. The summed E-state index contributed by atoms with van der Waals surface area (Å²) >= 11 is 12.5. The summed E-state index contributed by atoms with van der Waals surface area (Å²) in [6.07, 6.45) is -4.28. The van der Waals surface area contributed by atoms with Crippen molar-refractivity contribution in [2.24, 2.45) is 0 Å². The van der Waals surface area contributed by atoms with Crippen LogP contribution in [0.15, 0.2) is 36.4 Å². The minimum Gasteiger partial charge on any atom is -0.383 e. The quantitative estimate of drug-likeness (QED) is 0.391. The Balaban J connectivity index is 1.48. The Kier molecular flexibility index (Phi) is 12.2. The average Bonchev–Trinajstić information content (AvgIpc) is 3.00. The maximum atomic E-state index is 13.9. The predicted octanol–water partition coefficient (Wildman–Crippen LogP) is 4.35. The molecule has 4 rings (SSSR count). The van der Waals surface area contributed by atoms with Crippen LogP contribution in [0.25, 0.3) is 0 Å². The Hall–Kier alpha value is -2.77. The number of nitrogens with one attached hydrogen (secondary N) is 2. The first-order chi connectivity index (χ1) is 21.3. The fourth-order valence-corrected chi connectivity index (χ4v) is 6.04. The largest absolute Gasteiger partial charge is 0.416 e. The van der Waals surface area contributed by atoms with Gasteiger partial charge in [-0.3, -0.25) is 4.79 Å². The van der Waals surface area contributed by atoms with Crippen LogP contribution in [-0.2, 0) is 28.7 Å². The van der Waals surface area contributed by atoms with Gasteiger partial charge in [0.05, 0.1) is 12.2 Å². The highest BCUT2D eigenvalue weighted by Gasteiger charge is 2.34. The standard InChI is InChI=1S/C31H41Cl2F3N6O3/c1-21(20-45-3)37-19-23-16-24(31(34,35)36)5-7-28(23)40-12-14-41(15-13-40)29(43)27(17-22-4-6-25(32)18-26(22)33)38-30(44)42-10-8-39(2)9-11-42/h4-7,16,18,21,27,37H,8-15,17,19-20H2,1-3H3,(H,38,44)/t21?,27-/m1/s1. The van der Waals surface area contributed by atoms with Crippen molar-refractivity contribution in [1.29, 1.82) is 0 Å². The smallest absolute Gasteiger partial charge is 0.383 e. The van der Waals surface area contributed by atoms with Gasteiger partial charge < -0.3 is 35.0 Å². The molecule has 45 heavy (non-hydrogen) atoms. The van der Waals surface area contributed by atoms with Crippen LogP contribution >= 0.6 is 23.2 Å². The van der Waals surface area contributed by atoms with E-state index in [-0.39, 0.29) is 30.9 Å². The van der Waals surface area contributed by atoms with Crippen LogP contribution in [0.1, 0.15) is 23.6 Å². The molecule has 2 fully saturated rings. The molecule has 9 nitrogen and oxygen atoms in total. The highest BCUT2D eigenvalue weighted by Crippen LogP contribution is 2.33. The first-order valence-corrected chi connectivity index (χ1v) is 15.8. The van der Waals surface area contributed by atoms with Crippen molar-refractivity contribution in [1.82, 2.24) is 25.3 Å². The molecule has 0 aliphatic carbocycles. The number of nitrogens with zero attached hydrogens (tertiary/aromatic N) is 4. The second kappa shape index (κ2) is 15.7. The molecule has 2 N–H and O–H groups in total. The maximum absolute atomic E-state index is 13.9. The topological polar surface area (TPSA) is 80.4 Å². The number of ether oxygens (including phenoxy) is 1. The van der Waals surface area contributed by atoms with Crippen LogP contribution in [0.3, 0.4) is 0 Å². The van der Waals surface area contributed by atoms with Gasteiger partial charge in [0.25, 0.3) is 0 Å². The van der Waals surface area contributed by atoms with Gasteiger partial charge in [-0.1, -0.05) is 29.3 Å². The predicted molar refractivity (Wildman–Crippen MR) is 170 cm³/mol. The zero-order valence-electron chi connectivity index (χ0n) is 25.8. The van der Waals surface area contributed by atoms with Gasteiger partial charge >= 0.3 is 12.2 Å². The molecule has 0 saturated carbocycles. The van der Waals surface area contributed by atoms with Crippen LogP contribution < -0.4 is 15.5 Å². The van der Waals surface area contributed by atoms with Gasteiger partial charge in [0.2, 0.25) is 5.91 Å². The normalized spacial score (nSPS) is 17.7. The number of hydrogen-bond donors (Lipinski definition) is 2. The summed E-state index contributed by atoms with van der Waals surface area (Å²) in [5, 5.41) is 7.05. The van der Waals surface area contributed by atoms with Gasteiger partial charge in [0, 0.05) is 94.2 Å². The van der Waals surface area contributed by atoms with E-state index >= 15 is 0 Å². The molecule has 0 aromatic heterocycles. The lowest BCUT2D eigenvalue weighted by atomic mass is 10.0. The van der Waals surface area contributed by atoms with Crippen LogP contribution in [0, 0.1) is 0 Å². The maximum Gasteiger partial charge on any atom is 0.416 e. The van der Waals surface area contributed by atoms with Crippen molar-refractivity contribution in [2.45, 2.75) is 38.1 Å². The third kappa shape index (κ3) is 9.62. The molecule has 2 aliphatic rings. The molecular weight excluding hydrogens is 632 g/mol. The number of likely N-dealkylation sites (N-methyl/N-ethyl adjacent to an activating group) is 1.